The second kappa shape index (κ2) is 8.00. The third-order valence-corrected chi connectivity index (χ3v) is 5.05. The molecule has 0 bridgehead atoms. The number of carbonyl (C=O) groups is 1. The molecule has 0 unspecified atom stereocenters. The van der Waals surface area contributed by atoms with Crippen molar-refractivity contribution in [1.29, 1.82) is 0 Å². The SMILES string of the molecule is Cc1cc(C(F)F)n2ncc(C(=O)Nc3cnn(Cc4ccc(Cl)c(Cl)c4)c3)c2n1. The number of anilines is 1. The Bertz CT molecular complexity index is 1250. The van der Waals surface area contributed by atoms with Crippen LogP contribution >= 0.6 is 23.2 Å². The van der Waals surface area contributed by atoms with Crippen molar-refractivity contribution in [3.05, 3.63) is 75.4 Å². The molecule has 1 amide bonds. The van der Waals surface area contributed by atoms with E-state index in [0.717, 1.165) is 10.1 Å². The third-order valence-electron chi connectivity index (χ3n) is 4.32. The standard InChI is InChI=1S/C19H14Cl2F2N6O/c1-10-4-16(17(22)23)29-18(26-10)13(7-25-29)19(30)27-12-6-24-28(9-12)8-11-2-3-14(20)15(21)5-11/h2-7,9,17H,8H2,1H3,(H,27,30). The van der Waals surface area contributed by atoms with Crippen molar-refractivity contribution in [3.8, 4) is 0 Å². The summed E-state index contributed by atoms with van der Waals surface area (Å²) in [5.74, 6) is -0.530. The van der Waals surface area contributed by atoms with Gasteiger partial charge in [-0.1, -0.05) is 29.3 Å². The van der Waals surface area contributed by atoms with Crippen LogP contribution in [-0.2, 0) is 6.54 Å². The van der Waals surface area contributed by atoms with E-state index in [1.54, 1.807) is 29.9 Å². The van der Waals surface area contributed by atoms with Crippen molar-refractivity contribution in [2.45, 2.75) is 19.9 Å². The van der Waals surface area contributed by atoms with Gasteiger partial charge in [-0.05, 0) is 30.7 Å². The number of nitrogens with zero attached hydrogens (tertiary/aromatic N) is 5. The Morgan fingerprint density at radius 1 is 1.17 bits per heavy atom. The smallest absolute Gasteiger partial charge is 0.280 e. The van der Waals surface area contributed by atoms with Gasteiger partial charge in [-0.3, -0.25) is 9.48 Å². The minimum atomic E-state index is -2.75. The summed E-state index contributed by atoms with van der Waals surface area (Å²) in [5.41, 5.74) is 1.49. The maximum Gasteiger partial charge on any atom is 0.280 e. The number of benzene rings is 1. The summed E-state index contributed by atoms with van der Waals surface area (Å²) < 4.78 is 29.1. The first kappa shape index (κ1) is 20.2. The van der Waals surface area contributed by atoms with E-state index in [9.17, 15) is 13.6 Å². The summed E-state index contributed by atoms with van der Waals surface area (Å²) >= 11 is 11.9. The van der Waals surface area contributed by atoms with E-state index in [0.29, 0.717) is 28.0 Å². The number of carbonyl (C=O) groups excluding carboxylic acids is 1. The van der Waals surface area contributed by atoms with Gasteiger partial charge >= 0.3 is 0 Å². The molecule has 1 aromatic carbocycles. The molecule has 0 atom stereocenters. The molecule has 30 heavy (non-hydrogen) atoms. The first-order valence-corrected chi connectivity index (χ1v) is 9.48. The fourth-order valence-corrected chi connectivity index (χ4v) is 3.29. The molecule has 1 N–H and O–H groups in total. The number of halogens is 4. The van der Waals surface area contributed by atoms with E-state index in [1.807, 2.05) is 6.07 Å². The molecule has 3 heterocycles. The van der Waals surface area contributed by atoms with E-state index >= 15 is 0 Å². The van der Waals surface area contributed by atoms with Gasteiger partial charge < -0.3 is 5.32 Å². The summed E-state index contributed by atoms with van der Waals surface area (Å²) in [4.78, 5) is 16.9. The molecule has 0 aliphatic rings. The van der Waals surface area contributed by atoms with Gasteiger partial charge in [0.2, 0.25) is 0 Å². The molecule has 0 saturated carbocycles. The Morgan fingerprint density at radius 2 is 1.97 bits per heavy atom. The van der Waals surface area contributed by atoms with Crippen LogP contribution in [0.25, 0.3) is 5.65 Å². The van der Waals surface area contributed by atoms with Crippen molar-refractivity contribution >= 4 is 40.4 Å². The topological polar surface area (TPSA) is 77.1 Å². The highest BCUT2D eigenvalue weighted by Crippen LogP contribution is 2.24. The Morgan fingerprint density at radius 3 is 2.70 bits per heavy atom. The second-order valence-electron chi connectivity index (χ2n) is 6.55. The lowest BCUT2D eigenvalue weighted by Gasteiger charge is -2.06. The van der Waals surface area contributed by atoms with Gasteiger partial charge in [-0.15, -0.1) is 0 Å². The monoisotopic (exact) mass is 450 g/mol. The number of hydrogen-bond donors (Lipinski definition) is 1. The Kier molecular flexibility index (Phi) is 5.40. The molecule has 0 radical (unpaired) electrons. The van der Waals surface area contributed by atoms with E-state index in [1.165, 1.54) is 18.5 Å². The van der Waals surface area contributed by atoms with Gasteiger partial charge in [0.05, 0.1) is 34.7 Å². The van der Waals surface area contributed by atoms with Crippen LogP contribution in [0.15, 0.2) is 42.9 Å². The van der Waals surface area contributed by atoms with Crippen LogP contribution in [0.5, 0.6) is 0 Å². The highest BCUT2D eigenvalue weighted by Gasteiger charge is 2.20. The molecule has 7 nitrogen and oxygen atoms in total. The van der Waals surface area contributed by atoms with Crippen molar-refractivity contribution in [1.82, 2.24) is 24.4 Å². The van der Waals surface area contributed by atoms with E-state index in [2.05, 4.69) is 20.5 Å². The van der Waals surface area contributed by atoms with Crippen LogP contribution in [0.4, 0.5) is 14.5 Å². The fourth-order valence-electron chi connectivity index (χ4n) is 2.97. The van der Waals surface area contributed by atoms with Gasteiger partial charge in [-0.25, -0.2) is 18.3 Å². The van der Waals surface area contributed by atoms with Crippen LogP contribution in [0.3, 0.4) is 0 Å². The number of aryl methyl sites for hydroxylation is 1. The molecule has 0 spiro atoms. The molecule has 11 heteroatoms. The molecular weight excluding hydrogens is 437 g/mol. The largest absolute Gasteiger partial charge is 0.319 e. The predicted octanol–water partition coefficient (Wildman–Crippen LogP) is 4.78. The minimum Gasteiger partial charge on any atom is -0.319 e. The maximum absolute atomic E-state index is 13.2. The van der Waals surface area contributed by atoms with Gasteiger partial charge in [0.15, 0.2) is 5.65 Å². The molecule has 4 aromatic rings. The van der Waals surface area contributed by atoms with Gasteiger partial charge in [0.25, 0.3) is 12.3 Å². The van der Waals surface area contributed by atoms with Crippen molar-refractivity contribution < 1.29 is 13.6 Å². The first-order chi connectivity index (χ1) is 14.3. The van der Waals surface area contributed by atoms with E-state index < -0.39 is 12.3 Å². The number of aromatic nitrogens is 5. The highest BCUT2D eigenvalue weighted by molar-refractivity contribution is 6.42. The van der Waals surface area contributed by atoms with Crippen molar-refractivity contribution in [2.75, 3.05) is 5.32 Å². The number of fused-ring (bicyclic) bond motifs is 1. The Balaban J connectivity index is 1.54. The maximum atomic E-state index is 13.2. The molecule has 0 saturated heterocycles. The number of hydrogen-bond acceptors (Lipinski definition) is 4. The van der Waals surface area contributed by atoms with E-state index in [4.69, 9.17) is 23.2 Å². The van der Waals surface area contributed by atoms with Gasteiger partial charge in [0, 0.05) is 11.9 Å². The zero-order chi connectivity index (χ0) is 21.4. The summed E-state index contributed by atoms with van der Waals surface area (Å²) in [6.45, 7) is 2.00. The number of amides is 1. The van der Waals surface area contributed by atoms with Gasteiger partial charge in [-0.2, -0.15) is 10.2 Å². The van der Waals surface area contributed by atoms with Crippen LogP contribution in [0.2, 0.25) is 10.0 Å². The summed E-state index contributed by atoms with van der Waals surface area (Å²) in [6, 6.07) is 6.48. The zero-order valence-corrected chi connectivity index (χ0v) is 17.0. The van der Waals surface area contributed by atoms with Crippen molar-refractivity contribution in [3.63, 3.8) is 0 Å². The highest BCUT2D eigenvalue weighted by atomic mass is 35.5. The summed E-state index contributed by atoms with van der Waals surface area (Å²) in [5, 5.41) is 11.7. The Labute approximate surface area is 179 Å². The lowest BCUT2D eigenvalue weighted by molar-refractivity contribution is 0.102. The molecule has 4 rings (SSSR count). The predicted molar refractivity (Wildman–Crippen MR) is 108 cm³/mol. The molecule has 3 aromatic heterocycles. The Hall–Kier alpha value is -3.04. The molecule has 154 valence electrons. The number of nitrogens with one attached hydrogen (secondary N) is 1. The van der Waals surface area contributed by atoms with Crippen LogP contribution in [-0.4, -0.2) is 30.3 Å². The third kappa shape index (κ3) is 3.99. The summed E-state index contributed by atoms with van der Waals surface area (Å²) in [6.07, 6.45) is 1.58. The lowest BCUT2D eigenvalue weighted by atomic mass is 10.2. The molecule has 0 aliphatic carbocycles. The lowest BCUT2D eigenvalue weighted by Crippen LogP contribution is -2.12. The first-order valence-electron chi connectivity index (χ1n) is 8.73. The quantitative estimate of drug-likeness (QED) is 0.474. The van der Waals surface area contributed by atoms with Crippen LogP contribution in [0.1, 0.15) is 33.7 Å². The van der Waals surface area contributed by atoms with Crippen LogP contribution < -0.4 is 5.32 Å². The van der Waals surface area contributed by atoms with Crippen molar-refractivity contribution in [2.24, 2.45) is 0 Å². The number of alkyl halides is 2. The number of rotatable bonds is 5. The van der Waals surface area contributed by atoms with E-state index in [-0.39, 0.29) is 16.9 Å². The summed E-state index contributed by atoms with van der Waals surface area (Å²) in [7, 11) is 0. The minimum absolute atomic E-state index is 0.0611. The van der Waals surface area contributed by atoms with Crippen LogP contribution in [0, 0.1) is 6.92 Å². The second-order valence-corrected chi connectivity index (χ2v) is 7.36. The normalized spacial score (nSPS) is 11.4. The molecule has 0 aliphatic heterocycles. The van der Waals surface area contributed by atoms with Gasteiger partial charge in [0.1, 0.15) is 11.3 Å². The average molecular weight is 451 g/mol. The fraction of sp³-hybridized carbons (Fsp3) is 0.158. The molecular formula is C19H14Cl2F2N6O. The average Bonchev–Trinajstić information content (AvgIpc) is 3.30. The zero-order valence-electron chi connectivity index (χ0n) is 15.5. The molecule has 0 fully saturated rings.